The van der Waals surface area contributed by atoms with Gasteiger partial charge in [0.05, 0.1) is 33.6 Å². The molecule has 3 aromatic rings. The molecular formula is C22H24ClIN6O4S. The van der Waals surface area contributed by atoms with E-state index in [0.717, 1.165) is 17.5 Å². The molecule has 1 aromatic carbocycles. The highest BCUT2D eigenvalue weighted by Gasteiger charge is 2.30. The van der Waals surface area contributed by atoms with Crippen molar-refractivity contribution in [1.29, 1.82) is 0 Å². The number of amides is 1. The zero-order chi connectivity index (χ0) is 25.2. The number of nitrogens with one attached hydrogen (secondary N) is 4. The minimum atomic E-state index is -0.584. The first-order valence-corrected chi connectivity index (χ1v) is 13.0. The second kappa shape index (κ2) is 10.6. The molecule has 1 aliphatic rings. The number of rotatable bonds is 9. The van der Waals surface area contributed by atoms with Gasteiger partial charge in [-0.2, -0.15) is 10.1 Å². The standard InChI is InChI=1S/C22H24ClIN6O4S/c1-22(2,3)34-16(31)10-33-12-6-7-13(14(23)8-12)15(9-25-24)26-18-17-19(30-29-18)27-21(35-17)28-20(32)11-4-5-11/h6-9,11,25H,4-5,10H2,1-3H3,(H3,26,27,28,29,30,32)/b15-9-. The number of aromatic amines is 1. The Morgan fingerprint density at radius 1 is 1.31 bits per heavy atom. The number of H-pyrrole nitrogens is 1. The van der Waals surface area contributed by atoms with Crippen LogP contribution in [0.15, 0.2) is 24.4 Å². The molecule has 1 aliphatic carbocycles. The summed E-state index contributed by atoms with van der Waals surface area (Å²) in [7, 11) is 0. The van der Waals surface area contributed by atoms with Gasteiger partial charge in [0.1, 0.15) is 21.9 Å². The molecule has 186 valence electrons. The van der Waals surface area contributed by atoms with E-state index in [4.69, 9.17) is 21.1 Å². The van der Waals surface area contributed by atoms with Crippen molar-refractivity contribution in [2.24, 2.45) is 5.92 Å². The van der Waals surface area contributed by atoms with Gasteiger partial charge in [0, 0.05) is 17.7 Å². The van der Waals surface area contributed by atoms with E-state index in [9.17, 15) is 9.59 Å². The lowest BCUT2D eigenvalue weighted by Gasteiger charge is -2.19. The Bertz CT molecular complexity index is 1280. The van der Waals surface area contributed by atoms with E-state index < -0.39 is 11.6 Å². The van der Waals surface area contributed by atoms with E-state index >= 15 is 0 Å². The molecule has 0 atom stereocenters. The lowest BCUT2D eigenvalue weighted by atomic mass is 10.1. The molecule has 0 aliphatic heterocycles. The summed E-state index contributed by atoms with van der Waals surface area (Å²) in [6.07, 6.45) is 3.59. The van der Waals surface area contributed by atoms with Crippen LogP contribution in [0.5, 0.6) is 5.75 Å². The highest BCUT2D eigenvalue weighted by Crippen LogP contribution is 2.35. The number of ether oxygens (including phenoxy) is 2. The Morgan fingerprint density at radius 2 is 2.09 bits per heavy atom. The van der Waals surface area contributed by atoms with E-state index in [-0.39, 0.29) is 18.4 Å². The summed E-state index contributed by atoms with van der Waals surface area (Å²) >= 11 is 9.88. The molecular weight excluding hydrogens is 607 g/mol. The second-order valence-corrected chi connectivity index (χ2v) is 10.9. The number of hydrogen-bond acceptors (Lipinski definition) is 9. The molecule has 10 nitrogen and oxygen atoms in total. The molecule has 2 aromatic heterocycles. The first-order chi connectivity index (χ1) is 16.6. The third kappa shape index (κ3) is 6.76. The molecule has 1 fully saturated rings. The number of fused-ring (bicyclic) bond motifs is 1. The van der Waals surface area contributed by atoms with Gasteiger partial charge in [-0.25, -0.2) is 4.79 Å². The predicted octanol–water partition coefficient (Wildman–Crippen LogP) is 5.09. The number of carbonyl (C=O) groups excluding carboxylic acids is 2. The number of hydrogen-bond donors (Lipinski definition) is 4. The molecule has 0 saturated heterocycles. The van der Waals surface area contributed by atoms with Crippen LogP contribution in [0.2, 0.25) is 5.02 Å². The van der Waals surface area contributed by atoms with Gasteiger partial charge in [-0.05, 0) is 51.8 Å². The maximum atomic E-state index is 12.1. The average molecular weight is 631 g/mol. The fourth-order valence-electron chi connectivity index (χ4n) is 3.09. The number of aromatic nitrogens is 3. The van der Waals surface area contributed by atoms with Crippen molar-refractivity contribution in [3.8, 4) is 5.75 Å². The van der Waals surface area contributed by atoms with Crippen molar-refractivity contribution in [2.75, 3.05) is 17.2 Å². The molecule has 4 N–H and O–H groups in total. The monoisotopic (exact) mass is 630 g/mol. The van der Waals surface area contributed by atoms with Gasteiger partial charge in [-0.1, -0.05) is 22.9 Å². The third-order valence-electron chi connectivity index (χ3n) is 4.75. The van der Waals surface area contributed by atoms with Crippen LogP contribution in [0.4, 0.5) is 10.9 Å². The minimum absolute atomic E-state index is 0.00431. The molecule has 2 heterocycles. The van der Waals surface area contributed by atoms with Crippen LogP contribution in [0.3, 0.4) is 0 Å². The number of benzene rings is 1. The Balaban J connectivity index is 1.47. The lowest BCUT2D eigenvalue weighted by Crippen LogP contribution is -2.27. The quantitative estimate of drug-likeness (QED) is 0.146. The Morgan fingerprint density at radius 3 is 2.74 bits per heavy atom. The van der Waals surface area contributed by atoms with Crippen molar-refractivity contribution < 1.29 is 19.1 Å². The first kappa shape index (κ1) is 25.5. The van der Waals surface area contributed by atoms with Crippen LogP contribution < -0.4 is 18.9 Å². The van der Waals surface area contributed by atoms with Crippen LogP contribution in [0.1, 0.15) is 39.2 Å². The van der Waals surface area contributed by atoms with E-state index in [1.165, 1.54) is 11.3 Å². The summed E-state index contributed by atoms with van der Waals surface area (Å²) in [5.74, 6) is 0.676. The van der Waals surface area contributed by atoms with E-state index in [1.54, 1.807) is 45.2 Å². The zero-order valence-electron chi connectivity index (χ0n) is 19.2. The lowest BCUT2D eigenvalue weighted by molar-refractivity contribution is -0.157. The molecule has 1 saturated carbocycles. The van der Waals surface area contributed by atoms with Gasteiger partial charge in [-0.15, -0.1) is 0 Å². The molecule has 0 spiro atoms. The number of halogens is 2. The van der Waals surface area contributed by atoms with Crippen molar-refractivity contribution in [3.63, 3.8) is 0 Å². The summed E-state index contributed by atoms with van der Waals surface area (Å²) in [6.45, 7) is 5.16. The summed E-state index contributed by atoms with van der Waals surface area (Å²) in [5.41, 5.74) is 1.27. The summed E-state index contributed by atoms with van der Waals surface area (Å²) in [6, 6.07) is 5.13. The molecule has 35 heavy (non-hydrogen) atoms. The third-order valence-corrected chi connectivity index (χ3v) is 6.36. The molecule has 0 radical (unpaired) electrons. The highest BCUT2D eigenvalue weighted by molar-refractivity contribution is 14.1. The molecule has 0 bridgehead atoms. The molecule has 1 amide bonds. The molecule has 0 unspecified atom stereocenters. The van der Waals surface area contributed by atoms with E-state index in [0.29, 0.717) is 38.6 Å². The fourth-order valence-corrected chi connectivity index (χ4v) is 4.53. The van der Waals surface area contributed by atoms with Crippen molar-refractivity contribution in [2.45, 2.75) is 39.2 Å². The topological polar surface area (TPSA) is 130 Å². The molecule has 4 rings (SSSR count). The first-order valence-electron chi connectivity index (χ1n) is 10.8. The predicted molar refractivity (Wildman–Crippen MR) is 145 cm³/mol. The van der Waals surface area contributed by atoms with Gasteiger partial charge in [0.2, 0.25) is 5.91 Å². The Kier molecular flexibility index (Phi) is 7.71. The van der Waals surface area contributed by atoms with E-state index in [1.807, 2.05) is 22.9 Å². The second-order valence-electron chi connectivity index (χ2n) is 8.84. The number of carbonyl (C=O) groups is 2. The number of thiazole rings is 1. The summed E-state index contributed by atoms with van der Waals surface area (Å²) in [4.78, 5) is 28.4. The molecule has 13 heteroatoms. The number of anilines is 2. The Labute approximate surface area is 224 Å². The van der Waals surface area contributed by atoms with Gasteiger partial charge in [-0.3, -0.25) is 9.89 Å². The largest absolute Gasteiger partial charge is 0.482 e. The van der Waals surface area contributed by atoms with Crippen molar-refractivity contribution >= 4 is 84.7 Å². The van der Waals surface area contributed by atoms with E-state index in [2.05, 4.69) is 29.3 Å². The maximum Gasteiger partial charge on any atom is 0.344 e. The summed E-state index contributed by atoms with van der Waals surface area (Å²) in [5, 5.41) is 14.2. The van der Waals surface area contributed by atoms with Gasteiger partial charge >= 0.3 is 5.97 Å². The van der Waals surface area contributed by atoms with Crippen molar-refractivity contribution in [3.05, 3.63) is 35.0 Å². The minimum Gasteiger partial charge on any atom is -0.482 e. The van der Waals surface area contributed by atoms with Crippen LogP contribution >= 0.6 is 45.8 Å². The van der Waals surface area contributed by atoms with Gasteiger partial charge in [0.25, 0.3) is 0 Å². The number of nitrogens with zero attached hydrogens (tertiary/aromatic N) is 2. The zero-order valence-corrected chi connectivity index (χ0v) is 22.9. The highest BCUT2D eigenvalue weighted by atomic mass is 127. The fraction of sp³-hybridized carbons (Fsp3) is 0.364. The SMILES string of the molecule is CC(C)(C)OC(=O)COc1ccc(/C(=C/NI)Nc2[nH]nc3nc(NC(=O)C4CC4)sc23)c(Cl)c1. The average Bonchev–Trinajstić information content (AvgIpc) is 3.46. The van der Waals surface area contributed by atoms with Gasteiger partial charge in [0.15, 0.2) is 17.4 Å². The normalized spacial score (nSPS) is 14.0. The maximum absolute atomic E-state index is 12.1. The van der Waals surface area contributed by atoms with Crippen LogP contribution in [0.25, 0.3) is 16.0 Å². The Hall–Kier alpha value is -2.58. The summed E-state index contributed by atoms with van der Waals surface area (Å²) < 4.78 is 14.5. The van der Waals surface area contributed by atoms with Crippen LogP contribution in [-0.4, -0.2) is 39.3 Å². The van der Waals surface area contributed by atoms with Crippen molar-refractivity contribution in [1.82, 2.24) is 18.7 Å². The smallest absolute Gasteiger partial charge is 0.344 e. The van der Waals surface area contributed by atoms with Gasteiger partial charge < -0.3 is 23.6 Å². The van der Waals surface area contributed by atoms with Crippen LogP contribution in [-0.2, 0) is 14.3 Å². The number of esters is 1. The van der Waals surface area contributed by atoms with Crippen LogP contribution in [0, 0.1) is 5.92 Å².